The molecule has 3 rings (SSSR count). The molecular formula is C23H29FN2O3. The van der Waals surface area contributed by atoms with Crippen LogP contribution in [0.3, 0.4) is 0 Å². The number of ether oxygens (including phenoxy) is 2. The third-order valence-electron chi connectivity index (χ3n) is 5.46. The van der Waals surface area contributed by atoms with Gasteiger partial charge in [-0.3, -0.25) is 9.69 Å². The fourth-order valence-electron chi connectivity index (χ4n) is 3.85. The van der Waals surface area contributed by atoms with Gasteiger partial charge >= 0.3 is 0 Å². The maximum absolute atomic E-state index is 13.1. The van der Waals surface area contributed by atoms with Gasteiger partial charge in [0, 0.05) is 18.7 Å². The summed E-state index contributed by atoms with van der Waals surface area (Å²) in [6, 6.07) is 11.9. The molecule has 156 valence electrons. The number of carbonyl (C=O) groups is 1. The average Bonchev–Trinajstić information content (AvgIpc) is 2.75. The Bertz CT molecular complexity index is 825. The summed E-state index contributed by atoms with van der Waals surface area (Å²) in [4.78, 5) is 15.2. The minimum Gasteiger partial charge on any atom is -0.497 e. The smallest absolute Gasteiger partial charge is 0.224 e. The van der Waals surface area contributed by atoms with E-state index in [9.17, 15) is 9.18 Å². The molecule has 1 fully saturated rings. The van der Waals surface area contributed by atoms with E-state index >= 15 is 0 Å². The number of methoxy groups -OCH3 is 2. The van der Waals surface area contributed by atoms with Gasteiger partial charge in [-0.1, -0.05) is 12.1 Å². The molecule has 1 heterocycles. The Kier molecular flexibility index (Phi) is 7.09. The number of likely N-dealkylation sites (tertiary alicyclic amines) is 1. The van der Waals surface area contributed by atoms with E-state index in [-0.39, 0.29) is 23.7 Å². The predicted octanol–water partition coefficient (Wildman–Crippen LogP) is 3.93. The van der Waals surface area contributed by atoms with Crippen molar-refractivity contribution in [1.29, 1.82) is 0 Å². The standard InChI is InChI=1S/C23H29FN2O3/c1-16(21-13-20(28-2)10-11-22(21)29-3)25-23(27)18-5-4-12-26(15-18)14-17-6-8-19(24)9-7-17/h6-11,13,16,18H,4-5,12,14-15H2,1-3H3,(H,25,27)/t16-,18+/m1/s1. The van der Waals surface area contributed by atoms with Crippen LogP contribution in [0.5, 0.6) is 11.5 Å². The molecule has 1 saturated heterocycles. The van der Waals surface area contributed by atoms with Crippen LogP contribution >= 0.6 is 0 Å². The lowest BCUT2D eigenvalue weighted by Gasteiger charge is -2.32. The van der Waals surface area contributed by atoms with E-state index in [1.807, 2.05) is 25.1 Å². The molecule has 0 radical (unpaired) electrons. The van der Waals surface area contributed by atoms with E-state index in [4.69, 9.17) is 9.47 Å². The molecule has 6 heteroatoms. The summed E-state index contributed by atoms with van der Waals surface area (Å²) in [7, 11) is 3.24. The highest BCUT2D eigenvalue weighted by atomic mass is 19.1. The van der Waals surface area contributed by atoms with E-state index in [1.54, 1.807) is 26.4 Å². The molecule has 1 aliphatic heterocycles. The quantitative estimate of drug-likeness (QED) is 0.765. The molecule has 29 heavy (non-hydrogen) atoms. The molecule has 2 atom stereocenters. The Labute approximate surface area is 171 Å². The summed E-state index contributed by atoms with van der Waals surface area (Å²) in [5, 5.41) is 3.13. The second kappa shape index (κ2) is 9.74. The number of nitrogens with one attached hydrogen (secondary N) is 1. The van der Waals surface area contributed by atoms with E-state index in [0.29, 0.717) is 6.54 Å². The van der Waals surface area contributed by atoms with E-state index < -0.39 is 0 Å². The first kappa shape index (κ1) is 21.1. The van der Waals surface area contributed by atoms with Gasteiger partial charge < -0.3 is 14.8 Å². The zero-order valence-corrected chi connectivity index (χ0v) is 17.3. The minimum atomic E-state index is -0.230. The fourth-order valence-corrected chi connectivity index (χ4v) is 3.85. The normalized spacial score (nSPS) is 18.1. The maximum atomic E-state index is 13.1. The number of benzene rings is 2. The van der Waals surface area contributed by atoms with Crippen LogP contribution in [-0.4, -0.2) is 38.1 Å². The minimum absolute atomic E-state index is 0.0474. The number of carbonyl (C=O) groups excluding carboxylic acids is 1. The van der Waals surface area contributed by atoms with Crippen molar-refractivity contribution in [3.8, 4) is 11.5 Å². The Hall–Kier alpha value is -2.60. The second-order valence-corrected chi connectivity index (χ2v) is 7.54. The summed E-state index contributed by atoms with van der Waals surface area (Å²) < 4.78 is 23.9. The number of hydrogen-bond donors (Lipinski definition) is 1. The zero-order valence-electron chi connectivity index (χ0n) is 17.3. The lowest BCUT2D eigenvalue weighted by molar-refractivity contribution is -0.127. The predicted molar refractivity (Wildman–Crippen MR) is 111 cm³/mol. The first-order chi connectivity index (χ1) is 14.0. The van der Waals surface area contributed by atoms with Crippen LogP contribution in [-0.2, 0) is 11.3 Å². The lowest BCUT2D eigenvalue weighted by atomic mass is 9.95. The van der Waals surface area contributed by atoms with Crippen LogP contribution < -0.4 is 14.8 Å². The van der Waals surface area contributed by atoms with Crippen LogP contribution in [0.15, 0.2) is 42.5 Å². The number of halogens is 1. The van der Waals surface area contributed by atoms with Gasteiger partial charge in [0.15, 0.2) is 0 Å². The highest BCUT2D eigenvalue weighted by Gasteiger charge is 2.27. The van der Waals surface area contributed by atoms with E-state index in [2.05, 4.69) is 10.2 Å². The van der Waals surface area contributed by atoms with Crippen molar-refractivity contribution in [3.05, 3.63) is 59.4 Å². The summed E-state index contributed by atoms with van der Waals surface area (Å²) >= 11 is 0. The number of amides is 1. The van der Waals surface area contributed by atoms with Crippen LogP contribution in [0, 0.1) is 11.7 Å². The van der Waals surface area contributed by atoms with E-state index in [0.717, 1.165) is 48.6 Å². The maximum Gasteiger partial charge on any atom is 0.224 e. The van der Waals surface area contributed by atoms with Gasteiger partial charge in [-0.2, -0.15) is 0 Å². The topological polar surface area (TPSA) is 50.8 Å². The molecule has 5 nitrogen and oxygen atoms in total. The molecule has 0 aliphatic carbocycles. The highest BCUT2D eigenvalue weighted by molar-refractivity contribution is 5.79. The van der Waals surface area contributed by atoms with Crippen LogP contribution in [0.4, 0.5) is 4.39 Å². The van der Waals surface area contributed by atoms with Crippen LogP contribution in [0.1, 0.15) is 36.9 Å². The first-order valence-electron chi connectivity index (χ1n) is 9.99. The average molecular weight is 400 g/mol. The SMILES string of the molecule is COc1ccc(OC)c([C@@H](C)NC(=O)[C@H]2CCCN(Cc3ccc(F)cc3)C2)c1. The summed E-state index contributed by atoms with van der Waals surface area (Å²) in [5.41, 5.74) is 1.95. The molecule has 2 aromatic rings. The number of hydrogen-bond acceptors (Lipinski definition) is 4. The van der Waals surface area contributed by atoms with Gasteiger partial charge in [-0.25, -0.2) is 4.39 Å². The number of piperidine rings is 1. The second-order valence-electron chi connectivity index (χ2n) is 7.54. The molecule has 0 bridgehead atoms. The fraction of sp³-hybridized carbons (Fsp3) is 0.435. The summed E-state index contributed by atoms with van der Waals surface area (Å²) in [5.74, 6) is 1.20. The zero-order chi connectivity index (χ0) is 20.8. The van der Waals surface area contributed by atoms with Crippen LogP contribution in [0.2, 0.25) is 0 Å². The Morgan fingerprint density at radius 2 is 1.97 bits per heavy atom. The van der Waals surface area contributed by atoms with Gasteiger partial charge in [0.1, 0.15) is 17.3 Å². The molecule has 1 amide bonds. The van der Waals surface area contributed by atoms with Crippen molar-refractivity contribution in [2.45, 2.75) is 32.4 Å². The molecule has 2 aromatic carbocycles. The molecule has 0 saturated carbocycles. The Balaban J connectivity index is 1.62. The van der Waals surface area contributed by atoms with Crippen LogP contribution in [0.25, 0.3) is 0 Å². The Morgan fingerprint density at radius 3 is 2.66 bits per heavy atom. The number of rotatable bonds is 7. The van der Waals surface area contributed by atoms with E-state index in [1.165, 1.54) is 12.1 Å². The van der Waals surface area contributed by atoms with Crippen molar-refractivity contribution >= 4 is 5.91 Å². The lowest BCUT2D eigenvalue weighted by Crippen LogP contribution is -2.43. The van der Waals surface area contributed by atoms with Crippen molar-refractivity contribution < 1.29 is 18.7 Å². The largest absolute Gasteiger partial charge is 0.497 e. The third kappa shape index (κ3) is 5.48. The van der Waals surface area contributed by atoms with Gasteiger partial charge in [0.25, 0.3) is 0 Å². The molecule has 0 spiro atoms. The van der Waals surface area contributed by atoms with Gasteiger partial charge in [0.05, 0.1) is 26.2 Å². The van der Waals surface area contributed by atoms with Gasteiger partial charge in [0.2, 0.25) is 5.91 Å². The Morgan fingerprint density at radius 1 is 1.21 bits per heavy atom. The monoisotopic (exact) mass is 400 g/mol. The third-order valence-corrected chi connectivity index (χ3v) is 5.46. The van der Waals surface area contributed by atoms with Gasteiger partial charge in [-0.15, -0.1) is 0 Å². The van der Waals surface area contributed by atoms with Gasteiger partial charge in [-0.05, 0) is 62.2 Å². The van der Waals surface area contributed by atoms with Crippen molar-refractivity contribution in [3.63, 3.8) is 0 Å². The van der Waals surface area contributed by atoms with Crippen molar-refractivity contribution in [2.75, 3.05) is 27.3 Å². The number of nitrogens with zero attached hydrogens (tertiary/aromatic N) is 1. The molecule has 0 aromatic heterocycles. The highest BCUT2D eigenvalue weighted by Crippen LogP contribution is 2.30. The summed E-state index contributed by atoms with van der Waals surface area (Å²) in [6.45, 7) is 4.32. The van der Waals surface area contributed by atoms with Crippen molar-refractivity contribution in [1.82, 2.24) is 10.2 Å². The molecule has 1 N–H and O–H groups in total. The molecule has 1 aliphatic rings. The first-order valence-corrected chi connectivity index (χ1v) is 9.99. The van der Waals surface area contributed by atoms with Crippen molar-refractivity contribution in [2.24, 2.45) is 5.92 Å². The summed E-state index contributed by atoms with van der Waals surface area (Å²) in [6.07, 6.45) is 1.84. The molecule has 0 unspecified atom stereocenters. The molecular weight excluding hydrogens is 371 g/mol.